The van der Waals surface area contributed by atoms with Crippen LogP contribution in [0.4, 0.5) is 5.95 Å². The molecule has 0 atom stereocenters. The zero-order chi connectivity index (χ0) is 15.5. The Bertz CT molecular complexity index is 811. The number of rotatable bonds is 4. The summed E-state index contributed by atoms with van der Waals surface area (Å²) >= 11 is 1.60. The summed E-state index contributed by atoms with van der Waals surface area (Å²) in [5.74, 6) is 0.700. The molecule has 0 fully saturated rings. The number of aryl methyl sites for hydroxylation is 1. The van der Waals surface area contributed by atoms with Gasteiger partial charge in [-0.15, -0.1) is 16.4 Å². The highest BCUT2D eigenvalue weighted by molar-refractivity contribution is 7.15. The Morgan fingerprint density at radius 1 is 1.36 bits per heavy atom. The maximum Gasteiger partial charge on any atom is 0.263 e. The molecule has 0 spiro atoms. The van der Waals surface area contributed by atoms with Gasteiger partial charge in [-0.1, -0.05) is 0 Å². The lowest BCUT2D eigenvalue weighted by atomic mass is 10.2. The third-order valence-corrected chi connectivity index (χ3v) is 3.90. The largest absolute Gasteiger partial charge is 0.480 e. The van der Waals surface area contributed by atoms with Crippen molar-refractivity contribution < 1.29 is 9.53 Å². The summed E-state index contributed by atoms with van der Waals surface area (Å²) in [7, 11) is 1.46. The smallest absolute Gasteiger partial charge is 0.263 e. The fourth-order valence-electron chi connectivity index (χ4n) is 1.88. The summed E-state index contributed by atoms with van der Waals surface area (Å²) in [5.41, 5.74) is 0.323. The van der Waals surface area contributed by atoms with Crippen LogP contribution in [0, 0.1) is 6.92 Å². The maximum atomic E-state index is 12.2. The normalized spacial score (nSPS) is 10.5. The van der Waals surface area contributed by atoms with Crippen molar-refractivity contribution in [2.24, 2.45) is 0 Å². The lowest BCUT2D eigenvalue weighted by molar-refractivity contribution is 0.102. The van der Waals surface area contributed by atoms with Crippen LogP contribution in [0.5, 0.6) is 5.88 Å². The lowest BCUT2D eigenvalue weighted by Gasteiger charge is -2.05. The number of carbonyl (C=O) groups excluding carboxylic acids is 1. The Balaban J connectivity index is 1.79. The van der Waals surface area contributed by atoms with Crippen molar-refractivity contribution in [3.63, 3.8) is 0 Å². The van der Waals surface area contributed by atoms with Crippen molar-refractivity contribution in [1.82, 2.24) is 20.2 Å². The molecule has 0 saturated heterocycles. The highest BCUT2D eigenvalue weighted by Gasteiger charge is 2.15. The summed E-state index contributed by atoms with van der Waals surface area (Å²) in [6.45, 7) is 2.02. The van der Waals surface area contributed by atoms with Crippen LogP contribution >= 0.6 is 11.3 Å². The van der Waals surface area contributed by atoms with Crippen LogP contribution < -0.4 is 10.1 Å². The van der Waals surface area contributed by atoms with E-state index < -0.39 is 0 Å². The van der Waals surface area contributed by atoms with Crippen LogP contribution in [0.1, 0.15) is 15.2 Å². The number of carbonyl (C=O) groups is 1. The Labute approximate surface area is 130 Å². The number of nitrogens with zero attached hydrogens (tertiary/aromatic N) is 3. The van der Waals surface area contributed by atoms with Gasteiger partial charge in [0.05, 0.1) is 12.0 Å². The predicted octanol–water partition coefficient (Wildman–Crippen LogP) is 2.50. The SMILES string of the molecule is COc1ncccc1C(=O)Nc1n[nH]c(-c2ccc(C)s2)n1. The number of hydrogen-bond acceptors (Lipinski definition) is 6. The Kier molecular flexibility index (Phi) is 3.84. The molecule has 0 bridgehead atoms. The van der Waals surface area contributed by atoms with Crippen molar-refractivity contribution in [1.29, 1.82) is 0 Å². The zero-order valence-electron chi connectivity index (χ0n) is 12.0. The number of H-pyrrole nitrogens is 1. The number of thiophene rings is 1. The van der Waals surface area contributed by atoms with Gasteiger partial charge in [0.2, 0.25) is 11.8 Å². The summed E-state index contributed by atoms with van der Waals surface area (Å²) in [4.78, 5) is 22.6. The van der Waals surface area contributed by atoms with Crippen LogP contribution in [0.2, 0.25) is 0 Å². The molecule has 1 amide bonds. The second kappa shape index (κ2) is 5.94. The van der Waals surface area contributed by atoms with E-state index in [1.165, 1.54) is 12.0 Å². The highest BCUT2D eigenvalue weighted by Crippen LogP contribution is 2.25. The number of methoxy groups -OCH3 is 1. The Morgan fingerprint density at radius 3 is 2.95 bits per heavy atom. The number of anilines is 1. The minimum atomic E-state index is -0.377. The molecule has 0 aliphatic rings. The molecule has 0 aromatic carbocycles. The molecule has 0 aliphatic heterocycles. The van der Waals surface area contributed by atoms with Crippen molar-refractivity contribution >= 4 is 23.2 Å². The van der Waals surface area contributed by atoms with Crippen LogP contribution in [-0.4, -0.2) is 33.2 Å². The third-order valence-electron chi connectivity index (χ3n) is 2.89. The molecule has 112 valence electrons. The standard InChI is InChI=1S/C14H13N5O2S/c1-8-5-6-10(22-8)11-16-14(19-18-11)17-12(20)9-4-3-7-15-13(9)21-2/h3-7H,1-2H3,(H2,16,17,18,19,20). The second-order valence-corrected chi connectivity index (χ2v) is 5.72. The molecular formula is C14H13N5O2S. The third kappa shape index (κ3) is 2.82. The molecule has 3 heterocycles. The van der Waals surface area contributed by atoms with Gasteiger partial charge in [0.1, 0.15) is 5.56 Å². The fourth-order valence-corrected chi connectivity index (χ4v) is 2.69. The molecule has 3 rings (SSSR count). The van der Waals surface area contributed by atoms with Crippen LogP contribution in [0.25, 0.3) is 10.7 Å². The number of pyridine rings is 1. The van der Waals surface area contributed by atoms with E-state index >= 15 is 0 Å². The van der Waals surface area contributed by atoms with E-state index in [0.29, 0.717) is 11.4 Å². The molecule has 0 aliphatic carbocycles. The molecule has 2 N–H and O–H groups in total. The van der Waals surface area contributed by atoms with Gasteiger partial charge in [0, 0.05) is 11.1 Å². The van der Waals surface area contributed by atoms with E-state index in [4.69, 9.17) is 4.74 Å². The number of amides is 1. The van der Waals surface area contributed by atoms with Crippen LogP contribution in [-0.2, 0) is 0 Å². The average molecular weight is 315 g/mol. The van der Waals surface area contributed by atoms with Gasteiger partial charge >= 0.3 is 0 Å². The lowest BCUT2D eigenvalue weighted by Crippen LogP contribution is -2.14. The van der Waals surface area contributed by atoms with Gasteiger partial charge in [-0.05, 0) is 31.2 Å². The Hall–Kier alpha value is -2.74. The number of aromatic amines is 1. The Morgan fingerprint density at radius 2 is 2.23 bits per heavy atom. The number of ether oxygens (including phenoxy) is 1. The van der Waals surface area contributed by atoms with Crippen molar-refractivity contribution in [3.05, 3.63) is 40.9 Å². The molecule has 3 aromatic rings. The molecule has 0 radical (unpaired) electrons. The second-order valence-electron chi connectivity index (χ2n) is 4.43. The van der Waals surface area contributed by atoms with Gasteiger partial charge < -0.3 is 4.74 Å². The number of nitrogens with one attached hydrogen (secondary N) is 2. The quantitative estimate of drug-likeness (QED) is 0.771. The van der Waals surface area contributed by atoms with Gasteiger partial charge in [-0.3, -0.25) is 15.2 Å². The molecule has 7 nitrogen and oxygen atoms in total. The van der Waals surface area contributed by atoms with E-state index in [1.54, 1.807) is 29.7 Å². The van der Waals surface area contributed by atoms with Gasteiger partial charge in [-0.2, -0.15) is 4.98 Å². The summed E-state index contributed by atoms with van der Waals surface area (Å²) in [5, 5.41) is 9.43. The number of aromatic nitrogens is 4. The summed E-state index contributed by atoms with van der Waals surface area (Å²) in [6.07, 6.45) is 1.56. The van der Waals surface area contributed by atoms with E-state index in [9.17, 15) is 4.79 Å². The first-order valence-electron chi connectivity index (χ1n) is 6.47. The van der Waals surface area contributed by atoms with Gasteiger partial charge in [0.15, 0.2) is 5.82 Å². The average Bonchev–Trinajstić information content (AvgIpc) is 3.16. The number of hydrogen-bond donors (Lipinski definition) is 2. The van der Waals surface area contributed by atoms with Crippen molar-refractivity contribution in [3.8, 4) is 16.6 Å². The minimum Gasteiger partial charge on any atom is -0.480 e. The van der Waals surface area contributed by atoms with E-state index in [-0.39, 0.29) is 17.7 Å². The van der Waals surface area contributed by atoms with Crippen molar-refractivity contribution in [2.45, 2.75) is 6.92 Å². The first-order valence-corrected chi connectivity index (χ1v) is 7.28. The molecule has 22 heavy (non-hydrogen) atoms. The van der Waals surface area contributed by atoms with E-state index in [0.717, 1.165) is 4.88 Å². The zero-order valence-corrected chi connectivity index (χ0v) is 12.8. The topological polar surface area (TPSA) is 92.8 Å². The van der Waals surface area contributed by atoms with Gasteiger partial charge in [0.25, 0.3) is 5.91 Å². The first-order chi connectivity index (χ1) is 10.7. The van der Waals surface area contributed by atoms with Crippen LogP contribution in [0.15, 0.2) is 30.5 Å². The molecular weight excluding hydrogens is 302 g/mol. The fraction of sp³-hybridized carbons (Fsp3) is 0.143. The van der Waals surface area contributed by atoms with Gasteiger partial charge in [-0.25, -0.2) is 4.98 Å². The molecule has 3 aromatic heterocycles. The summed E-state index contributed by atoms with van der Waals surface area (Å²) in [6, 6.07) is 7.24. The minimum absolute atomic E-state index is 0.206. The highest BCUT2D eigenvalue weighted by atomic mass is 32.1. The maximum absolute atomic E-state index is 12.2. The van der Waals surface area contributed by atoms with E-state index in [1.807, 2.05) is 19.1 Å². The molecule has 0 saturated carbocycles. The van der Waals surface area contributed by atoms with E-state index in [2.05, 4.69) is 25.5 Å². The summed E-state index contributed by atoms with van der Waals surface area (Å²) < 4.78 is 5.06. The molecule has 8 heteroatoms. The predicted molar refractivity (Wildman–Crippen MR) is 83.2 cm³/mol. The monoisotopic (exact) mass is 315 g/mol. The van der Waals surface area contributed by atoms with Crippen LogP contribution in [0.3, 0.4) is 0 Å². The van der Waals surface area contributed by atoms with Crippen molar-refractivity contribution in [2.75, 3.05) is 12.4 Å². The first kappa shape index (κ1) is 14.2. The molecule has 0 unspecified atom stereocenters.